The van der Waals surface area contributed by atoms with Crippen molar-refractivity contribution in [1.29, 1.82) is 0 Å². The molecule has 1 atom stereocenters. The normalized spacial score (nSPS) is 16.3. The van der Waals surface area contributed by atoms with Crippen LogP contribution in [0.2, 0.25) is 0 Å². The molecule has 3 aromatic carbocycles. The lowest BCUT2D eigenvalue weighted by Gasteiger charge is -2.20. The van der Waals surface area contributed by atoms with Gasteiger partial charge in [-0.2, -0.15) is 26.3 Å². The van der Waals surface area contributed by atoms with Gasteiger partial charge in [-0.25, -0.2) is 8.42 Å². The molecule has 42 heavy (non-hydrogen) atoms. The second kappa shape index (κ2) is 11.8. The number of anilines is 1. The van der Waals surface area contributed by atoms with Crippen LogP contribution in [0.5, 0.6) is 28.7 Å². The fourth-order valence-corrected chi connectivity index (χ4v) is 5.36. The van der Waals surface area contributed by atoms with Gasteiger partial charge in [0.1, 0.15) is 23.4 Å². The molecule has 0 spiro atoms. The summed E-state index contributed by atoms with van der Waals surface area (Å²) in [4.78, 5) is 1.24. The molecule has 8 nitrogen and oxygen atoms in total. The minimum atomic E-state index is -4.91. The summed E-state index contributed by atoms with van der Waals surface area (Å²) in [6.45, 7) is 0.988. The first-order valence-electron chi connectivity index (χ1n) is 12.3. The minimum Gasteiger partial charge on any atom is -0.493 e. The van der Waals surface area contributed by atoms with Gasteiger partial charge in [-0.1, -0.05) is 0 Å². The Hall–Kier alpha value is -3.85. The molecule has 15 heteroatoms. The Labute approximate surface area is 237 Å². The first-order chi connectivity index (χ1) is 19.6. The maximum atomic E-state index is 13.8. The fourth-order valence-electron chi connectivity index (χ4n) is 4.30. The van der Waals surface area contributed by atoms with Crippen LogP contribution in [-0.4, -0.2) is 53.8 Å². The van der Waals surface area contributed by atoms with Crippen molar-refractivity contribution in [1.82, 2.24) is 4.90 Å². The third kappa shape index (κ3) is 7.13. The molecule has 1 fully saturated rings. The molecule has 1 aliphatic heterocycles. The summed E-state index contributed by atoms with van der Waals surface area (Å²) >= 11 is 0. The second-order valence-corrected chi connectivity index (χ2v) is 11.1. The van der Waals surface area contributed by atoms with Crippen molar-refractivity contribution in [2.24, 2.45) is 0 Å². The van der Waals surface area contributed by atoms with Crippen molar-refractivity contribution in [2.75, 3.05) is 39.1 Å². The molecule has 0 bridgehead atoms. The number of nitrogens with zero attached hydrogens (tertiary/aromatic N) is 1. The molecular weight excluding hydrogens is 594 g/mol. The highest BCUT2D eigenvalue weighted by atomic mass is 32.2. The van der Waals surface area contributed by atoms with Gasteiger partial charge < -0.3 is 23.8 Å². The van der Waals surface area contributed by atoms with Gasteiger partial charge in [0.2, 0.25) is 0 Å². The first kappa shape index (κ1) is 31.1. The predicted octanol–water partition coefficient (Wildman–Crippen LogP) is 6.42. The third-order valence-corrected chi connectivity index (χ3v) is 7.71. The topological polar surface area (TPSA) is 86.3 Å². The Kier molecular flexibility index (Phi) is 8.73. The van der Waals surface area contributed by atoms with E-state index in [1.807, 2.05) is 4.90 Å². The summed E-state index contributed by atoms with van der Waals surface area (Å²) in [7, 11) is -0.146. The van der Waals surface area contributed by atoms with Crippen LogP contribution in [0.3, 0.4) is 0 Å². The molecule has 1 aliphatic rings. The van der Waals surface area contributed by atoms with E-state index in [2.05, 4.69) is 4.72 Å². The van der Waals surface area contributed by atoms with Gasteiger partial charge in [0.25, 0.3) is 10.0 Å². The highest BCUT2D eigenvalue weighted by molar-refractivity contribution is 7.92. The molecule has 228 valence electrons. The Morgan fingerprint density at radius 2 is 1.45 bits per heavy atom. The van der Waals surface area contributed by atoms with Crippen LogP contribution < -0.4 is 23.7 Å². The van der Waals surface area contributed by atoms with E-state index < -0.39 is 56.0 Å². The van der Waals surface area contributed by atoms with Crippen LogP contribution >= 0.6 is 0 Å². The lowest BCUT2D eigenvalue weighted by molar-refractivity contribution is -0.139. The van der Waals surface area contributed by atoms with Crippen LogP contribution in [-0.2, 0) is 22.4 Å². The van der Waals surface area contributed by atoms with Crippen molar-refractivity contribution in [3.63, 3.8) is 0 Å². The van der Waals surface area contributed by atoms with Crippen molar-refractivity contribution >= 4 is 15.7 Å². The number of sulfonamides is 1. The fraction of sp³-hybridized carbons (Fsp3) is 0.333. The molecule has 1 heterocycles. The lowest BCUT2D eigenvalue weighted by Crippen LogP contribution is -2.23. The van der Waals surface area contributed by atoms with Gasteiger partial charge in [-0.05, 0) is 49.9 Å². The van der Waals surface area contributed by atoms with E-state index in [1.165, 1.54) is 32.4 Å². The minimum absolute atomic E-state index is 0.109. The standard InChI is InChI=1S/C27H26F6N2O6S/c1-35-11-10-18(15-35)41-23-12-16(4-7-20(23)26(28,29)30)34-42(36,37)19-6-8-21(27(31,32)33)24(14-19)40-17-5-9-22(38-2)25(13-17)39-3/h4-9,12-14,18,34H,10-11,15H2,1-3H3. The van der Waals surface area contributed by atoms with Crippen LogP contribution in [0.25, 0.3) is 0 Å². The maximum absolute atomic E-state index is 13.8. The predicted molar refractivity (Wildman–Crippen MR) is 140 cm³/mol. The highest BCUT2D eigenvalue weighted by Gasteiger charge is 2.37. The zero-order chi connectivity index (χ0) is 30.9. The number of benzene rings is 3. The number of alkyl halides is 6. The summed E-state index contributed by atoms with van der Waals surface area (Å²) in [5.41, 5.74) is -2.64. The van der Waals surface area contributed by atoms with E-state index in [1.54, 1.807) is 7.05 Å². The highest BCUT2D eigenvalue weighted by Crippen LogP contribution is 2.42. The summed E-state index contributed by atoms with van der Waals surface area (Å²) < 4.78 is 132. The van der Waals surface area contributed by atoms with Gasteiger partial charge in [0.15, 0.2) is 11.5 Å². The van der Waals surface area contributed by atoms with Crippen LogP contribution in [0, 0.1) is 0 Å². The summed E-state index contributed by atoms with van der Waals surface area (Å²) in [5.74, 6) is -1.09. The third-order valence-electron chi connectivity index (χ3n) is 6.33. The van der Waals surface area contributed by atoms with Gasteiger partial charge >= 0.3 is 12.4 Å². The van der Waals surface area contributed by atoms with E-state index in [9.17, 15) is 34.8 Å². The molecule has 0 aliphatic carbocycles. The SMILES string of the molecule is COc1ccc(Oc2cc(S(=O)(=O)Nc3ccc(C(F)(F)F)c(OC4CCN(C)C4)c3)ccc2C(F)(F)F)cc1OC. The van der Waals surface area contributed by atoms with Crippen molar-refractivity contribution in [2.45, 2.75) is 29.8 Å². The molecular formula is C27H26F6N2O6S. The smallest absolute Gasteiger partial charge is 0.419 e. The summed E-state index contributed by atoms with van der Waals surface area (Å²) in [6, 6.07) is 8.30. The first-order valence-corrected chi connectivity index (χ1v) is 13.8. The van der Waals surface area contributed by atoms with E-state index in [-0.39, 0.29) is 22.9 Å². The average molecular weight is 621 g/mol. The Bertz CT molecular complexity index is 1550. The molecule has 1 saturated heterocycles. The molecule has 1 unspecified atom stereocenters. The molecule has 0 aromatic heterocycles. The number of halogens is 6. The lowest BCUT2D eigenvalue weighted by atomic mass is 10.1. The number of rotatable bonds is 9. The number of likely N-dealkylation sites (tertiary alicyclic amines) is 1. The molecule has 0 saturated carbocycles. The number of methoxy groups -OCH3 is 2. The average Bonchev–Trinajstić information content (AvgIpc) is 3.31. The van der Waals surface area contributed by atoms with Crippen molar-refractivity contribution in [3.8, 4) is 28.7 Å². The Balaban J connectivity index is 1.67. The zero-order valence-corrected chi connectivity index (χ0v) is 23.3. The van der Waals surface area contributed by atoms with Gasteiger partial charge in [0, 0.05) is 31.3 Å². The van der Waals surface area contributed by atoms with Crippen molar-refractivity contribution < 1.29 is 53.7 Å². The molecule has 1 N–H and O–H groups in total. The van der Waals surface area contributed by atoms with E-state index in [0.717, 1.165) is 12.1 Å². The summed E-state index contributed by atoms with van der Waals surface area (Å²) in [6.07, 6.45) is -9.76. The van der Waals surface area contributed by atoms with Gasteiger partial charge in [-0.3, -0.25) is 4.72 Å². The Morgan fingerprint density at radius 3 is 2.05 bits per heavy atom. The zero-order valence-electron chi connectivity index (χ0n) is 22.5. The van der Waals surface area contributed by atoms with Crippen LogP contribution in [0.4, 0.5) is 32.0 Å². The molecule has 0 amide bonds. The summed E-state index contributed by atoms with van der Waals surface area (Å²) in [5, 5.41) is 0. The molecule has 3 aromatic rings. The van der Waals surface area contributed by atoms with Gasteiger partial charge in [0.05, 0.1) is 35.9 Å². The van der Waals surface area contributed by atoms with Gasteiger partial charge in [-0.15, -0.1) is 0 Å². The van der Waals surface area contributed by atoms with E-state index in [0.29, 0.717) is 43.8 Å². The molecule has 0 radical (unpaired) electrons. The Morgan fingerprint density at radius 1 is 0.810 bits per heavy atom. The maximum Gasteiger partial charge on any atom is 0.419 e. The largest absolute Gasteiger partial charge is 0.493 e. The monoisotopic (exact) mass is 620 g/mol. The van der Waals surface area contributed by atoms with E-state index >= 15 is 0 Å². The number of nitrogens with one attached hydrogen (secondary N) is 1. The van der Waals surface area contributed by atoms with Crippen LogP contribution in [0.1, 0.15) is 17.5 Å². The number of likely N-dealkylation sites (N-methyl/N-ethyl adjacent to an activating group) is 1. The molecule has 4 rings (SSSR count). The quantitative estimate of drug-likeness (QED) is 0.277. The van der Waals surface area contributed by atoms with Crippen LogP contribution in [0.15, 0.2) is 59.5 Å². The van der Waals surface area contributed by atoms with Crippen molar-refractivity contribution in [3.05, 3.63) is 65.7 Å². The van der Waals surface area contributed by atoms with E-state index in [4.69, 9.17) is 18.9 Å². The number of hydrogen-bond acceptors (Lipinski definition) is 7. The number of hydrogen-bond donors (Lipinski definition) is 1. The second-order valence-electron chi connectivity index (χ2n) is 9.38. The number of ether oxygens (including phenoxy) is 4.